The van der Waals surface area contributed by atoms with Gasteiger partial charge in [0.2, 0.25) is 0 Å². The molecule has 2 aliphatic heterocycles. The Hall–Kier alpha value is -1.33. The first kappa shape index (κ1) is 13.6. The summed E-state index contributed by atoms with van der Waals surface area (Å²) in [4.78, 5) is 15.4. The van der Waals surface area contributed by atoms with Crippen molar-refractivity contribution in [3.05, 3.63) is 29.8 Å². The molecular weight excluding hydrogens is 261 g/mol. The Labute approximate surface area is 117 Å². The van der Waals surface area contributed by atoms with Crippen LogP contribution >= 0.6 is 0 Å². The zero-order chi connectivity index (χ0) is 14.1. The van der Waals surface area contributed by atoms with Crippen LogP contribution in [0, 0.1) is 5.82 Å². The first-order valence-corrected chi connectivity index (χ1v) is 6.96. The highest BCUT2D eigenvalue weighted by Gasteiger charge is 2.49. The molecule has 1 spiro atoms. The number of ether oxygens (including phenoxy) is 2. The van der Waals surface area contributed by atoms with Gasteiger partial charge in [0.05, 0.1) is 18.4 Å². The van der Waals surface area contributed by atoms with E-state index in [1.165, 1.54) is 12.3 Å². The molecule has 0 unspecified atom stereocenters. The molecule has 3 rings (SSSR count). The van der Waals surface area contributed by atoms with Crippen LogP contribution in [0.4, 0.5) is 4.39 Å². The van der Waals surface area contributed by atoms with Crippen molar-refractivity contribution in [3.8, 4) is 0 Å². The van der Waals surface area contributed by atoms with Crippen LogP contribution in [0.5, 0.6) is 0 Å². The van der Waals surface area contributed by atoms with Gasteiger partial charge in [-0.3, -0.25) is 4.98 Å². The van der Waals surface area contributed by atoms with Crippen molar-refractivity contribution in [2.75, 3.05) is 19.8 Å². The average Bonchev–Trinajstić information content (AvgIpc) is 2.87. The Kier molecular flexibility index (Phi) is 3.56. The van der Waals surface area contributed by atoms with E-state index in [4.69, 9.17) is 9.47 Å². The number of carbonyl (C=O) groups is 1. The van der Waals surface area contributed by atoms with E-state index in [1.807, 2.05) is 0 Å². The second kappa shape index (κ2) is 5.22. The largest absolute Gasteiger partial charge is 0.378 e. The zero-order valence-corrected chi connectivity index (χ0v) is 11.3. The maximum Gasteiger partial charge on any atom is 0.141 e. The lowest BCUT2D eigenvalue weighted by Crippen LogP contribution is -2.48. The van der Waals surface area contributed by atoms with E-state index in [2.05, 4.69) is 4.98 Å². The van der Waals surface area contributed by atoms with Gasteiger partial charge in [0.15, 0.2) is 0 Å². The maximum atomic E-state index is 13.1. The molecule has 3 heterocycles. The summed E-state index contributed by atoms with van der Waals surface area (Å²) >= 11 is 0. The number of hydrogen-bond acceptors (Lipinski definition) is 4. The molecule has 5 heteroatoms. The van der Waals surface area contributed by atoms with Crippen LogP contribution in [-0.4, -0.2) is 36.7 Å². The van der Waals surface area contributed by atoms with E-state index in [0.717, 1.165) is 24.8 Å². The van der Waals surface area contributed by atoms with Gasteiger partial charge >= 0.3 is 0 Å². The first-order valence-electron chi connectivity index (χ1n) is 6.96. The summed E-state index contributed by atoms with van der Waals surface area (Å²) in [5.41, 5.74) is 0.110. The molecule has 2 atom stereocenters. The Morgan fingerprint density at radius 1 is 1.35 bits per heavy atom. The summed E-state index contributed by atoms with van der Waals surface area (Å²) in [5, 5.41) is 0. The number of pyridine rings is 1. The van der Waals surface area contributed by atoms with Crippen molar-refractivity contribution in [3.63, 3.8) is 0 Å². The van der Waals surface area contributed by atoms with Crippen molar-refractivity contribution >= 4 is 6.29 Å². The van der Waals surface area contributed by atoms with Crippen LogP contribution < -0.4 is 0 Å². The van der Waals surface area contributed by atoms with E-state index < -0.39 is 0 Å². The fraction of sp³-hybridized carbons (Fsp3) is 0.600. The van der Waals surface area contributed by atoms with Crippen LogP contribution in [0.15, 0.2) is 18.3 Å². The Balaban J connectivity index is 1.94. The van der Waals surface area contributed by atoms with E-state index in [1.54, 1.807) is 6.07 Å². The van der Waals surface area contributed by atoms with Gasteiger partial charge in [-0.15, -0.1) is 0 Å². The van der Waals surface area contributed by atoms with Crippen molar-refractivity contribution < 1.29 is 18.7 Å². The highest BCUT2D eigenvalue weighted by atomic mass is 19.1. The van der Waals surface area contributed by atoms with Crippen LogP contribution in [0.25, 0.3) is 0 Å². The molecule has 0 bridgehead atoms. The average molecular weight is 279 g/mol. The molecule has 4 nitrogen and oxygen atoms in total. The van der Waals surface area contributed by atoms with E-state index in [9.17, 15) is 9.18 Å². The van der Waals surface area contributed by atoms with Crippen molar-refractivity contribution in [1.82, 2.24) is 4.98 Å². The summed E-state index contributed by atoms with van der Waals surface area (Å²) in [5.74, 6) is -0.360. The van der Waals surface area contributed by atoms with Crippen LogP contribution in [-0.2, 0) is 19.7 Å². The molecule has 0 radical (unpaired) electrons. The molecule has 0 aromatic carbocycles. The summed E-state index contributed by atoms with van der Waals surface area (Å²) in [6.45, 7) is 1.83. The van der Waals surface area contributed by atoms with Crippen LogP contribution in [0.1, 0.15) is 31.4 Å². The second-order valence-electron chi connectivity index (χ2n) is 5.77. The third kappa shape index (κ3) is 2.36. The molecular formula is C15H18FNO3. The normalized spacial score (nSPS) is 33.5. The molecule has 0 saturated carbocycles. The van der Waals surface area contributed by atoms with Crippen LogP contribution in [0.2, 0.25) is 0 Å². The van der Waals surface area contributed by atoms with Gasteiger partial charge in [0, 0.05) is 37.2 Å². The standard InChI is InChI=1S/C15H18FNO3/c16-12-1-2-13(17-9-12)14(3-6-18)4-8-20-15(10-14)5-7-19-11-15/h1-2,6,9H,3-5,7-8,10-11H2/t14-,15-/m1/s1. The summed E-state index contributed by atoms with van der Waals surface area (Å²) in [6, 6.07) is 3.09. The van der Waals surface area contributed by atoms with E-state index >= 15 is 0 Å². The summed E-state index contributed by atoms with van der Waals surface area (Å²) < 4.78 is 24.5. The lowest BCUT2D eigenvalue weighted by Gasteiger charge is -2.44. The fourth-order valence-corrected chi connectivity index (χ4v) is 3.41. The first-order chi connectivity index (χ1) is 9.68. The quantitative estimate of drug-likeness (QED) is 0.794. The van der Waals surface area contributed by atoms with Crippen molar-refractivity contribution in [2.45, 2.75) is 36.7 Å². The predicted molar refractivity (Wildman–Crippen MR) is 69.9 cm³/mol. The van der Waals surface area contributed by atoms with Crippen molar-refractivity contribution in [1.29, 1.82) is 0 Å². The lowest BCUT2D eigenvalue weighted by atomic mass is 9.68. The minimum atomic E-state index is -0.360. The molecule has 2 aliphatic rings. The molecule has 2 fully saturated rings. The molecule has 2 saturated heterocycles. The monoisotopic (exact) mass is 279 g/mol. The summed E-state index contributed by atoms with van der Waals surface area (Å²) in [7, 11) is 0. The van der Waals surface area contributed by atoms with Gasteiger partial charge in [-0.05, 0) is 25.0 Å². The highest BCUT2D eigenvalue weighted by molar-refractivity contribution is 5.53. The van der Waals surface area contributed by atoms with Crippen molar-refractivity contribution in [2.24, 2.45) is 0 Å². The second-order valence-corrected chi connectivity index (χ2v) is 5.77. The molecule has 1 aromatic rings. The van der Waals surface area contributed by atoms with Gasteiger partial charge in [0.25, 0.3) is 0 Å². The number of aldehydes is 1. The molecule has 108 valence electrons. The SMILES string of the molecule is O=CC[C@@]1(c2ccc(F)cn2)CCO[C@]2(CCOC2)C1. The number of aromatic nitrogens is 1. The minimum absolute atomic E-state index is 0.308. The van der Waals surface area contributed by atoms with Gasteiger partial charge in [-0.2, -0.15) is 0 Å². The Bertz CT molecular complexity index is 484. The lowest BCUT2D eigenvalue weighted by molar-refractivity contribution is -0.120. The van der Waals surface area contributed by atoms with Gasteiger partial charge < -0.3 is 14.3 Å². The molecule has 1 aromatic heterocycles. The number of halogens is 1. The minimum Gasteiger partial charge on any atom is -0.378 e. The molecule has 0 N–H and O–H groups in total. The smallest absolute Gasteiger partial charge is 0.141 e. The third-order valence-electron chi connectivity index (χ3n) is 4.46. The zero-order valence-electron chi connectivity index (χ0n) is 11.3. The van der Waals surface area contributed by atoms with Gasteiger partial charge in [-0.25, -0.2) is 4.39 Å². The number of carbonyl (C=O) groups excluding carboxylic acids is 1. The third-order valence-corrected chi connectivity index (χ3v) is 4.46. The molecule has 0 amide bonds. The molecule has 0 aliphatic carbocycles. The highest BCUT2D eigenvalue weighted by Crippen LogP contribution is 2.45. The number of rotatable bonds is 3. The maximum absolute atomic E-state index is 13.1. The van der Waals surface area contributed by atoms with Gasteiger partial charge in [-0.1, -0.05) is 0 Å². The Morgan fingerprint density at radius 3 is 2.90 bits per heavy atom. The fourth-order valence-electron chi connectivity index (χ4n) is 3.41. The van der Waals surface area contributed by atoms with E-state index in [-0.39, 0.29) is 16.8 Å². The predicted octanol–water partition coefficient (Wildman–Crippen LogP) is 2.02. The Morgan fingerprint density at radius 2 is 2.25 bits per heavy atom. The van der Waals surface area contributed by atoms with Gasteiger partial charge in [0.1, 0.15) is 12.1 Å². The van der Waals surface area contributed by atoms with E-state index in [0.29, 0.717) is 32.7 Å². The number of nitrogens with zero attached hydrogens (tertiary/aromatic N) is 1. The molecule has 20 heavy (non-hydrogen) atoms. The summed E-state index contributed by atoms with van der Waals surface area (Å²) in [6.07, 6.45) is 4.81. The van der Waals surface area contributed by atoms with Crippen LogP contribution in [0.3, 0.4) is 0 Å². The topological polar surface area (TPSA) is 48.4 Å². The number of hydrogen-bond donors (Lipinski definition) is 0.